The third-order valence-corrected chi connectivity index (χ3v) is 9.18. The van der Waals surface area contributed by atoms with Gasteiger partial charge in [-0.3, -0.25) is 9.59 Å². The van der Waals surface area contributed by atoms with Crippen LogP contribution in [0.3, 0.4) is 0 Å². The monoisotopic (exact) mass is 576 g/mol. The summed E-state index contributed by atoms with van der Waals surface area (Å²) >= 11 is 3.09. The predicted molar refractivity (Wildman–Crippen MR) is 153 cm³/mol. The average Bonchev–Trinajstić information content (AvgIpc) is 3.47. The highest BCUT2D eigenvalue weighted by Crippen LogP contribution is 2.46. The van der Waals surface area contributed by atoms with E-state index in [1.165, 1.54) is 11.8 Å². The molecule has 2 aromatic heterocycles. The lowest BCUT2D eigenvalue weighted by atomic mass is 9.71. The van der Waals surface area contributed by atoms with Gasteiger partial charge in [-0.15, -0.1) is 0 Å². The summed E-state index contributed by atoms with van der Waals surface area (Å²) in [6, 6.07) is 20.0. The van der Waals surface area contributed by atoms with Crippen LogP contribution in [-0.2, 0) is 39.6 Å². The van der Waals surface area contributed by atoms with E-state index in [0.717, 1.165) is 37.2 Å². The Morgan fingerprint density at radius 2 is 1.43 bits per heavy atom. The molecule has 4 aromatic rings. The highest BCUT2D eigenvalue weighted by Gasteiger charge is 2.50. The van der Waals surface area contributed by atoms with E-state index in [2.05, 4.69) is 0 Å². The Hall–Kier alpha value is -3.50. The van der Waals surface area contributed by atoms with Gasteiger partial charge in [0.05, 0.1) is 42.9 Å². The molecule has 208 valence electrons. The maximum atomic E-state index is 13.6. The van der Waals surface area contributed by atoms with Crippen molar-refractivity contribution in [2.75, 3.05) is 13.2 Å². The fourth-order valence-corrected chi connectivity index (χ4v) is 6.92. The van der Waals surface area contributed by atoms with Crippen LogP contribution in [0.4, 0.5) is 0 Å². The summed E-state index contributed by atoms with van der Waals surface area (Å²) in [6.45, 7) is 3.99. The van der Waals surface area contributed by atoms with Crippen LogP contribution in [0, 0.1) is 11.8 Å². The number of hydrogen-bond acceptors (Lipinski definition) is 8. The fourth-order valence-electron chi connectivity index (χ4n) is 5.17. The zero-order valence-corrected chi connectivity index (χ0v) is 24.6. The summed E-state index contributed by atoms with van der Waals surface area (Å²) in [7, 11) is 3.90. The number of ether oxygens (including phenoxy) is 2. The van der Waals surface area contributed by atoms with Crippen LogP contribution < -0.4 is 0 Å². The molecule has 0 saturated heterocycles. The van der Waals surface area contributed by atoms with E-state index < -0.39 is 29.7 Å². The molecule has 0 bridgehead atoms. The van der Waals surface area contributed by atoms with Crippen molar-refractivity contribution in [3.8, 4) is 0 Å². The lowest BCUT2D eigenvalue weighted by Gasteiger charge is -2.35. The van der Waals surface area contributed by atoms with Crippen molar-refractivity contribution in [3.05, 3.63) is 83.9 Å². The number of nitrogens with zero attached hydrogens (tertiary/aromatic N) is 4. The first-order valence-electron chi connectivity index (χ1n) is 13.3. The zero-order valence-electron chi connectivity index (χ0n) is 22.9. The summed E-state index contributed by atoms with van der Waals surface area (Å²) in [5.74, 6) is -2.91. The van der Waals surface area contributed by atoms with E-state index in [1.807, 2.05) is 83.9 Å². The number of carbonyl (C=O) groups excluding carboxylic acids is 2. The SMILES string of the molecule is CCOC(=O)[C@H]1[C@@H](c2cnc(Sc3ccccc3)n2C)c2nc(Sc3ccccc3)n(C)c2C[C@@H]1C(=O)OCC. The Labute approximate surface area is 242 Å². The van der Waals surface area contributed by atoms with Gasteiger partial charge in [-0.1, -0.05) is 59.9 Å². The molecule has 0 saturated carbocycles. The zero-order chi connectivity index (χ0) is 28.2. The van der Waals surface area contributed by atoms with Gasteiger partial charge in [-0.05, 0) is 38.1 Å². The fraction of sp³-hybridized carbons (Fsp3) is 0.333. The highest BCUT2D eigenvalue weighted by atomic mass is 32.2. The first-order valence-corrected chi connectivity index (χ1v) is 14.9. The molecule has 1 aliphatic rings. The quantitative estimate of drug-likeness (QED) is 0.241. The van der Waals surface area contributed by atoms with Crippen molar-refractivity contribution >= 4 is 35.5 Å². The summed E-state index contributed by atoms with van der Waals surface area (Å²) < 4.78 is 15.1. The molecule has 40 heavy (non-hydrogen) atoms. The largest absolute Gasteiger partial charge is 0.466 e. The molecule has 5 rings (SSSR count). The summed E-state index contributed by atoms with van der Waals surface area (Å²) in [5, 5.41) is 1.56. The Morgan fingerprint density at radius 1 is 0.850 bits per heavy atom. The first-order chi connectivity index (χ1) is 19.4. The third-order valence-electron chi connectivity index (χ3n) is 7.06. The van der Waals surface area contributed by atoms with Crippen molar-refractivity contribution < 1.29 is 19.1 Å². The van der Waals surface area contributed by atoms with Crippen molar-refractivity contribution in [3.63, 3.8) is 0 Å². The van der Waals surface area contributed by atoms with Gasteiger partial charge in [-0.2, -0.15) is 0 Å². The molecular formula is C30H32N4O4S2. The van der Waals surface area contributed by atoms with Crippen molar-refractivity contribution in [1.82, 2.24) is 19.1 Å². The highest BCUT2D eigenvalue weighted by molar-refractivity contribution is 7.99. The minimum absolute atomic E-state index is 0.211. The number of hydrogen-bond donors (Lipinski definition) is 0. The molecule has 3 atom stereocenters. The van der Waals surface area contributed by atoms with Gasteiger partial charge in [0.15, 0.2) is 10.3 Å². The van der Waals surface area contributed by atoms with Gasteiger partial charge in [-0.25, -0.2) is 9.97 Å². The number of esters is 2. The van der Waals surface area contributed by atoms with Gasteiger partial charge in [0, 0.05) is 41.7 Å². The minimum atomic E-state index is -0.805. The maximum absolute atomic E-state index is 13.6. The first kappa shape index (κ1) is 28.0. The minimum Gasteiger partial charge on any atom is -0.466 e. The predicted octanol–water partition coefficient (Wildman–Crippen LogP) is 5.50. The Morgan fingerprint density at radius 3 is 2.02 bits per heavy atom. The number of benzene rings is 2. The second-order valence-corrected chi connectivity index (χ2v) is 11.5. The molecule has 0 radical (unpaired) electrons. The summed E-state index contributed by atoms with van der Waals surface area (Å²) in [6.07, 6.45) is 2.12. The molecule has 2 heterocycles. The van der Waals surface area contributed by atoms with E-state index in [4.69, 9.17) is 19.4 Å². The molecule has 0 spiro atoms. The van der Waals surface area contributed by atoms with Gasteiger partial charge >= 0.3 is 11.9 Å². The number of fused-ring (bicyclic) bond motifs is 1. The topological polar surface area (TPSA) is 88.2 Å². The van der Waals surface area contributed by atoms with E-state index in [9.17, 15) is 9.59 Å². The smallest absolute Gasteiger partial charge is 0.310 e. The third kappa shape index (κ3) is 5.55. The molecule has 0 amide bonds. The molecule has 0 aliphatic heterocycles. The summed E-state index contributed by atoms with van der Waals surface area (Å²) in [5.41, 5.74) is 2.46. The van der Waals surface area contributed by atoms with Crippen LogP contribution in [0.25, 0.3) is 0 Å². The standard InChI is InChI=1S/C30H32N4O4S2/c1-5-37-27(35)21-17-22-26(32-30(33(22)3)40-20-15-11-8-12-16-20)25(24(21)28(36)38-6-2)23-18-31-29(34(23)4)39-19-13-9-7-10-14-19/h7-16,18,21,24-25H,5-6,17H2,1-4H3/t21-,24+,25+/m0/s1. The lowest BCUT2D eigenvalue weighted by molar-refractivity contribution is -0.161. The second-order valence-electron chi connectivity index (χ2n) is 9.46. The van der Waals surface area contributed by atoms with Crippen LogP contribution in [0.1, 0.15) is 36.8 Å². The number of aromatic nitrogens is 4. The van der Waals surface area contributed by atoms with Crippen molar-refractivity contribution in [1.29, 1.82) is 0 Å². The van der Waals surface area contributed by atoms with Crippen molar-refractivity contribution in [2.45, 2.75) is 46.3 Å². The number of imidazole rings is 2. The van der Waals surface area contributed by atoms with Crippen LogP contribution in [0.5, 0.6) is 0 Å². The van der Waals surface area contributed by atoms with E-state index >= 15 is 0 Å². The van der Waals surface area contributed by atoms with Crippen LogP contribution in [-0.4, -0.2) is 44.3 Å². The molecule has 1 aliphatic carbocycles. The van der Waals surface area contributed by atoms with E-state index in [1.54, 1.807) is 31.8 Å². The van der Waals surface area contributed by atoms with Crippen LogP contribution >= 0.6 is 23.5 Å². The molecule has 0 fully saturated rings. The molecule has 10 heteroatoms. The normalized spacial score (nSPS) is 18.2. The molecule has 2 aromatic carbocycles. The molecule has 8 nitrogen and oxygen atoms in total. The van der Waals surface area contributed by atoms with Crippen molar-refractivity contribution in [2.24, 2.45) is 25.9 Å². The number of rotatable bonds is 9. The van der Waals surface area contributed by atoms with Crippen LogP contribution in [0.2, 0.25) is 0 Å². The van der Waals surface area contributed by atoms with Gasteiger partial charge in [0.1, 0.15) is 0 Å². The maximum Gasteiger partial charge on any atom is 0.310 e. The van der Waals surface area contributed by atoms with Gasteiger partial charge in [0.2, 0.25) is 0 Å². The Bertz CT molecular complexity index is 1490. The molecular weight excluding hydrogens is 544 g/mol. The second kappa shape index (κ2) is 12.3. The van der Waals surface area contributed by atoms with Crippen LogP contribution in [0.15, 0.2) is 87.0 Å². The van der Waals surface area contributed by atoms with E-state index in [0.29, 0.717) is 6.42 Å². The summed E-state index contributed by atoms with van der Waals surface area (Å²) in [4.78, 5) is 38.9. The Kier molecular flexibility index (Phi) is 8.66. The lowest BCUT2D eigenvalue weighted by Crippen LogP contribution is -2.42. The van der Waals surface area contributed by atoms with E-state index in [-0.39, 0.29) is 13.2 Å². The van der Waals surface area contributed by atoms with Gasteiger partial charge < -0.3 is 18.6 Å². The number of carbonyl (C=O) groups is 2. The molecule has 0 unspecified atom stereocenters. The van der Waals surface area contributed by atoms with Gasteiger partial charge in [0.25, 0.3) is 0 Å². The average molecular weight is 577 g/mol. The Balaban J connectivity index is 1.64. The molecule has 0 N–H and O–H groups in total.